The second-order valence-corrected chi connectivity index (χ2v) is 5.34. The molecule has 0 amide bonds. The van der Waals surface area contributed by atoms with Gasteiger partial charge in [-0.15, -0.1) is 0 Å². The van der Waals surface area contributed by atoms with Crippen LogP contribution in [0.2, 0.25) is 0 Å². The number of benzene rings is 1. The molecular weight excluding hydrogens is 305 g/mol. The summed E-state index contributed by atoms with van der Waals surface area (Å²) in [7, 11) is 0. The number of nitrogens with zero attached hydrogens (tertiary/aromatic N) is 2. The Morgan fingerprint density at radius 2 is 1.88 bits per heavy atom. The van der Waals surface area contributed by atoms with Crippen LogP contribution in [0.4, 0.5) is 10.2 Å². The third kappa shape index (κ3) is 2.60. The second kappa shape index (κ2) is 6.12. The summed E-state index contributed by atoms with van der Waals surface area (Å²) in [5, 5.41) is 3.78. The largest absolute Gasteiger partial charge is 0.464 e. The third-order valence-electron chi connectivity index (χ3n) is 3.84. The van der Waals surface area contributed by atoms with Gasteiger partial charge in [0.25, 0.3) is 0 Å². The van der Waals surface area contributed by atoms with Gasteiger partial charge < -0.3 is 9.73 Å². The van der Waals surface area contributed by atoms with Crippen molar-refractivity contribution in [3.63, 3.8) is 0 Å². The van der Waals surface area contributed by atoms with Crippen LogP contribution < -0.4 is 5.32 Å². The molecule has 0 unspecified atom stereocenters. The first-order valence-corrected chi connectivity index (χ1v) is 7.58. The first-order valence-electron chi connectivity index (χ1n) is 7.58. The van der Waals surface area contributed by atoms with E-state index < -0.39 is 0 Å². The van der Waals surface area contributed by atoms with Crippen LogP contribution in [0.1, 0.15) is 5.56 Å². The van der Waals surface area contributed by atoms with Crippen LogP contribution in [-0.2, 0) is 6.54 Å². The van der Waals surface area contributed by atoms with Gasteiger partial charge >= 0.3 is 0 Å². The molecule has 4 rings (SSSR count). The molecule has 4 aromatic rings. The standard InChI is InChI=1S/C19H14FN3O/c20-16-7-6-13(18-14(16)8-11-24-18)12-23-19-15(4-3-10-22-19)17-5-1-2-9-21-17/h1-11H,12H2,(H,22,23). The fourth-order valence-corrected chi connectivity index (χ4v) is 2.68. The Morgan fingerprint density at radius 1 is 0.958 bits per heavy atom. The average Bonchev–Trinajstić information content (AvgIpc) is 3.13. The average molecular weight is 319 g/mol. The lowest BCUT2D eigenvalue weighted by Crippen LogP contribution is -2.03. The van der Waals surface area contributed by atoms with E-state index in [1.807, 2.05) is 30.3 Å². The molecule has 1 aromatic carbocycles. The predicted octanol–water partition coefficient (Wildman–Crippen LogP) is 4.64. The lowest BCUT2D eigenvalue weighted by molar-refractivity contribution is 0.606. The van der Waals surface area contributed by atoms with Crippen LogP contribution in [0, 0.1) is 5.82 Å². The van der Waals surface area contributed by atoms with Crippen molar-refractivity contribution in [3.05, 3.63) is 78.6 Å². The zero-order chi connectivity index (χ0) is 16.4. The van der Waals surface area contributed by atoms with Gasteiger partial charge in [0.15, 0.2) is 0 Å². The maximum atomic E-state index is 13.7. The van der Waals surface area contributed by atoms with Crippen molar-refractivity contribution < 1.29 is 8.81 Å². The van der Waals surface area contributed by atoms with Crippen molar-refractivity contribution >= 4 is 16.8 Å². The Kier molecular flexibility index (Phi) is 3.67. The number of aromatic nitrogens is 2. The Morgan fingerprint density at radius 3 is 2.75 bits per heavy atom. The van der Waals surface area contributed by atoms with E-state index in [4.69, 9.17) is 4.42 Å². The normalized spacial score (nSPS) is 10.9. The topological polar surface area (TPSA) is 51.0 Å². The summed E-state index contributed by atoms with van der Waals surface area (Å²) in [5.74, 6) is 0.440. The number of hydrogen-bond acceptors (Lipinski definition) is 4. The Labute approximate surface area is 138 Å². The first kappa shape index (κ1) is 14.4. The molecule has 118 valence electrons. The zero-order valence-electron chi connectivity index (χ0n) is 12.7. The highest BCUT2D eigenvalue weighted by atomic mass is 19.1. The van der Waals surface area contributed by atoms with Gasteiger partial charge in [0.05, 0.1) is 17.3 Å². The van der Waals surface area contributed by atoms with Gasteiger partial charge in [0.1, 0.15) is 17.2 Å². The zero-order valence-corrected chi connectivity index (χ0v) is 12.7. The molecule has 3 aromatic heterocycles. The van der Waals surface area contributed by atoms with Crippen molar-refractivity contribution in [3.8, 4) is 11.3 Å². The summed E-state index contributed by atoms with van der Waals surface area (Å²) in [5.41, 5.74) is 3.18. The SMILES string of the molecule is Fc1ccc(CNc2ncccc2-c2ccccn2)c2occc12. The third-order valence-corrected chi connectivity index (χ3v) is 3.84. The van der Waals surface area contributed by atoms with Crippen molar-refractivity contribution in [2.45, 2.75) is 6.54 Å². The maximum absolute atomic E-state index is 13.7. The van der Waals surface area contributed by atoms with E-state index in [2.05, 4.69) is 15.3 Å². The molecule has 24 heavy (non-hydrogen) atoms. The summed E-state index contributed by atoms with van der Waals surface area (Å²) in [6.45, 7) is 0.473. The molecule has 0 spiro atoms. The van der Waals surface area contributed by atoms with Crippen LogP contribution in [0.25, 0.3) is 22.2 Å². The molecule has 0 fully saturated rings. The second-order valence-electron chi connectivity index (χ2n) is 5.34. The number of furan rings is 1. The molecular formula is C19H14FN3O. The predicted molar refractivity (Wildman–Crippen MR) is 91.0 cm³/mol. The van der Waals surface area contributed by atoms with Crippen LogP contribution >= 0.6 is 0 Å². The van der Waals surface area contributed by atoms with Crippen molar-refractivity contribution in [1.29, 1.82) is 0 Å². The van der Waals surface area contributed by atoms with Gasteiger partial charge in [-0.3, -0.25) is 4.98 Å². The quantitative estimate of drug-likeness (QED) is 0.595. The molecule has 0 saturated heterocycles. The van der Waals surface area contributed by atoms with E-state index in [-0.39, 0.29) is 5.82 Å². The van der Waals surface area contributed by atoms with Crippen LogP contribution in [0.3, 0.4) is 0 Å². The molecule has 0 aliphatic rings. The van der Waals surface area contributed by atoms with Gasteiger partial charge in [-0.2, -0.15) is 0 Å². The Bertz CT molecular complexity index is 982. The highest BCUT2D eigenvalue weighted by Gasteiger charge is 2.11. The molecule has 3 heterocycles. The highest BCUT2D eigenvalue weighted by Crippen LogP contribution is 2.26. The van der Waals surface area contributed by atoms with E-state index in [9.17, 15) is 4.39 Å². The smallest absolute Gasteiger partial charge is 0.141 e. The number of nitrogens with one attached hydrogen (secondary N) is 1. The van der Waals surface area contributed by atoms with Gasteiger partial charge in [-0.25, -0.2) is 9.37 Å². The van der Waals surface area contributed by atoms with E-state index in [0.29, 0.717) is 17.5 Å². The van der Waals surface area contributed by atoms with Crippen LogP contribution in [-0.4, -0.2) is 9.97 Å². The van der Waals surface area contributed by atoms with Gasteiger partial charge in [-0.1, -0.05) is 12.1 Å². The summed E-state index contributed by atoms with van der Waals surface area (Å²) < 4.78 is 19.2. The number of pyridine rings is 2. The van der Waals surface area contributed by atoms with E-state index >= 15 is 0 Å². The number of anilines is 1. The molecule has 0 radical (unpaired) electrons. The van der Waals surface area contributed by atoms with Crippen molar-refractivity contribution in [2.75, 3.05) is 5.32 Å². The minimum Gasteiger partial charge on any atom is -0.464 e. The molecule has 0 aliphatic heterocycles. The lowest BCUT2D eigenvalue weighted by atomic mass is 10.1. The van der Waals surface area contributed by atoms with E-state index in [0.717, 1.165) is 22.6 Å². The summed E-state index contributed by atoms with van der Waals surface area (Å²) in [6.07, 6.45) is 4.97. The monoisotopic (exact) mass is 319 g/mol. The van der Waals surface area contributed by atoms with E-state index in [1.54, 1.807) is 24.5 Å². The van der Waals surface area contributed by atoms with Gasteiger partial charge in [0.2, 0.25) is 0 Å². The fourth-order valence-electron chi connectivity index (χ4n) is 2.68. The maximum Gasteiger partial charge on any atom is 0.141 e. The molecule has 4 nitrogen and oxygen atoms in total. The molecule has 1 N–H and O–H groups in total. The van der Waals surface area contributed by atoms with Gasteiger partial charge in [0, 0.05) is 30.1 Å². The molecule has 0 saturated carbocycles. The Hall–Kier alpha value is -3.21. The first-order chi connectivity index (χ1) is 11.8. The summed E-state index contributed by atoms with van der Waals surface area (Å²) in [6, 6.07) is 14.4. The molecule has 0 bridgehead atoms. The van der Waals surface area contributed by atoms with E-state index in [1.165, 1.54) is 12.3 Å². The van der Waals surface area contributed by atoms with Crippen LogP contribution in [0.15, 0.2) is 71.6 Å². The van der Waals surface area contributed by atoms with Gasteiger partial charge in [-0.05, 0) is 36.4 Å². The minimum atomic E-state index is -0.283. The minimum absolute atomic E-state index is 0.283. The molecule has 0 atom stereocenters. The Balaban J connectivity index is 1.65. The number of rotatable bonds is 4. The van der Waals surface area contributed by atoms with Crippen molar-refractivity contribution in [1.82, 2.24) is 9.97 Å². The molecule has 5 heteroatoms. The molecule has 0 aliphatic carbocycles. The number of hydrogen-bond donors (Lipinski definition) is 1. The van der Waals surface area contributed by atoms with Crippen LogP contribution in [0.5, 0.6) is 0 Å². The number of halogens is 1. The summed E-state index contributed by atoms with van der Waals surface area (Å²) >= 11 is 0. The number of fused-ring (bicyclic) bond motifs is 1. The lowest BCUT2D eigenvalue weighted by Gasteiger charge is -2.11. The van der Waals surface area contributed by atoms with Crippen molar-refractivity contribution in [2.24, 2.45) is 0 Å². The highest BCUT2D eigenvalue weighted by molar-refractivity contribution is 5.81. The fraction of sp³-hybridized carbons (Fsp3) is 0.0526. The summed E-state index contributed by atoms with van der Waals surface area (Å²) in [4.78, 5) is 8.77.